The summed E-state index contributed by atoms with van der Waals surface area (Å²) in [5, 5.41) is 3.99. The van der Waals surface area contributed by atoms with Crippen molar-refractivity contribution in [2.45, 2.75) is 19.9 Å². The van der Waals surface area contributed by atoms with Gasteiger partial charge in [0.05, 0.1) is 0 Å². The Hall–Kier alpha value is -1.20. The molecule has 0 unspecified atom stereocenters. The van der Waals surface area contributed by atoms with E-state index in [-0.39, 0.29) is 0 Å². The summed E-state index contributed by atoms with van der Waals surface area (Å²) in [6.07, 6.45) is 4.56. The van der Waals surface area contributed by atoms with E-state index in [1.54, 1.807) is 12.4 Å². The van der Waals surface area contributed by atoms with Crippen LogP contribution < -0.4 is 5.32 Å². The number of aromatic nitrogens is 1. The largest absolute Gasteiger partial charge is 0.382 e. The third-order valence-corrected chi connectivity index (χ3v) is 2.92. The Morgan fingerprint density at radius 1 is 1.44 bits per heavy atom. The van der Waals surface area contributed by atoms with Gasteiger partial charge in [0.2, 0.25) is 0 Å². The minimum absolute atomic E-state index is 0.767. The van der Waals surface area contributed by atoms with Crippen LogP contribution >= 0.6 is 12.2 Å². The maximum Gasteiger partial charge on any atom is 0.168 e. The number of ether oxygens (including phenoxy) is 1. The van der Waals surface area contributed by atoms with Crippen LogP contribution in [0.25, 0.3) is 0 Å². The van der Waals surface area contributed by atoms with Gasteiger partial charge in [-0.2, -0.15) is 0 Å². The zero-order valence-electron chi connectivity index (χ0n) is 11.1. The lowest BCUT2D eigenvalue weighted by Gasteiger charge is -2.21. The molecule has 0 bridgehead atoms. The van der Waals surface area contributed by atoms with Crippen molar-refractivity contribution in [3.63, 3.8) is 0 Å². The molecule has 0 fully saturated rings. The van der Waals surface area contributed by atoms with E-state index in [1.165, 1.54) is 5.56 Å². The van der Waals surface area contributed by atoms with Crippen molar-refractivity contribution in [1.82, 2.24) is 15.2 Å². The molecule has 1 N–H and O–H groups in total. The molecule has 1 rings (SSSR count). The topological polar surface area (TPSA) is 37.4 Å². The standard InChI is InChI=1S/C13H21N3OS/c1-3-17-10-4-7-15-13(18)16(2)11-12-5-8-14-9-6-12/h5-6,8-9H,3-4,7,10-11H2,1-2H3,(H,15,18). The summed E-state index contributed by atoms with van der Waals surface area (Å²) >= 11 is 5.31. The molecule has 1 heterocycles. The fraction of sp³-hybridized carbons (Fsp3) is 0.538. The third kappa shape index (κ3) is 5.93. The SMILES string of the molecule is CCOCCCNC(=S)N(C)Cc1ccncc1. The Morgan fingerprint density at radius 3 is 2.83 bits per heavy atom. The van der Waals surface area contributed by atoms with Crippen LogP contribution in [0.5, 0.6) is 0 Å². The highest BCUT2D eigenvalue weighted by molar-refractivity contribution is 7.80. The minimum Gasteiger partial charge on any atom is -0.382 e. The second-order valence-electron chi connectivity index (χ2n) is 3.99. The lowest BCUT2D eigenvalue weighted by Crippen LogP contribution is -2.37. The number of nitrogens with zero attached hydrogens (tertiary/aromatic N) is 2. The van der Waals surface area contributed by atoms with Gasteiger partial charge in [-0.1, -0.05) is 0 Å². The molecule has 0 aliphatic heterocycles. The smallest absolute Gasteiger partial charge is 0.168 e. The maximum absolute atomic E-state index is 5.31. The molecule has 0 spiro atoms. The van der Waals surface area contributed by atoms with E-state index < -0.39 is 0 Å². The summed E-state index contributed by atoms with van der Waals surface area (Å²) in [5.41, 5.74) is 1.20. The van der Waals surface area contributed by atoms with Crippen LogP contribution in [-0.4, -0.2) is 41.8 Å². The van der Waals surface area contributed by atoms with Crippen LogP contribution in [0.3, 0.4) is 0 Å². The van der Waals surface area contributed by atoms with E-state index in [0.717, 1.165) is 37.8 Å². The van der Waals surface area contributed by atoms with Crippen LogP contribution in [-0.2, 0) is 11.3 Å². The highest BCUT2D eigenvalue weighted by atomic mass is 32.1. The minimum atomic E-state index is 0.767. The molecule has 0 atom stereocenters. The van der Waals surface area contributed by atoms with Gasteiger partial charge in [0.1, 0.15) is 0 Å². The predicted molar refractivity (Wildman–Crippen MR) is 77.4 cm³/mol. The van der Waals surface area contributed by atoms with Gasteiger partial charge in [0, 0.05) is 45.7 Å². The van der Waals surface area contributed by atoms with E-state index >= 15 is 0 Å². The molecular weight excluding hydrogens is 246 g/mol. The second kappa shape index (κ2) is 8.83. The van der Waals surface area contributed by atoms with Crippen molar-refractivity contribution in [3.05, 3.63) is 30.1 Å². The molecule has 0 aliphatic rings. The highest BCUT2D eigenvalue weighted by Gasteiger charge is 2.04. The Labute approximate surface area is 114 Å². The first-order valence-corrected chi connectivity index (χ1v) is 6.60. The lowest BCUT2D eigenvalue weighted by molar-refractivity contribution is 0.145. The van der Waals surface area contributed by atoms with Crippen LogP contribution in [0.4, 0.5) is 0 Å². The Morgan fingerprint density at radius 2 is 2.17 bits per heavy atom. The lowest BCUT2D eigenvalue weighted by atomic mass is 10.2. The quantitative estimate of drug-likeness (QED) is 0.602. The number of pyridine rings is 1. The van der Waals surface area contributed by atoms with Crippen molar-refractivity contribution in [3.8, 4) is 0 Å². The van der Waals surface area contributed by atoms with Gasteiger partial charge in [0.25, 0.3) is 0 Å². The van der Waals surface area contributed by atoms with Crippen molar-refractivity contribution in [1.29, 1.82) is 0 Å². The van der Waals surface area contributed by atoms with E-state index in [4.69, 9.17) is 17.0 Å². The van der Waals surface area contributed by atoms with Crippen molar-refractivity contribution < 1.29 is 4.74 Å². The first-order valence-electron chi connectivity index (χ1n) is 6.19. The molecule has 100 valence electrons. The van der Waals surface area contributed by atoms with Crippen molar-refractivity contribution in [2.75, 3.05) is 26.8 Å². The van der Waals surface area contributed by atoms with Gasteiger partial charge in [-0.25, -0.2) is 0 Å². The Bertz CT molecular complexity index is 345. The zero-order valence-corrected chi connectivity index (χ0v) is 11.9. The predicted octanol–water partition coefficient (Wildman–Crippen LogP) is 1.81. The molecular formula is C13H21N3OS. The third-order valence-electron chi connectivity index (χ3n) is 2.46. The van der Waals surface area contributed by atoms with Crippen LogP contribution in [0.1, 0.15) is 18.9 Å². The summed E-state index contributed by atoms with van der Waals surface area (Å²) < 4.78 is 5.27. The van der Waals surface area contributed by atoms with E-state index in [1.807, 2.05) is 31.0 Å². The molecule has 1 aromatic heterocycles. The summed E-state index contributed by atoms with van der Waals surface area (Å²) in [4.78, 5) is 6.01. The molecule has 0 radical (unpaired) electrons. The number of nitrogens with one attached hydrogen (secondary N) is 1. The van der Waals surface area contributed by atoms with E-state index in [2.05, 4.69) is 10.3 Å². The van der Waals surface area contributed by atoms with Gasteiger partial charge in [-0.3, -0.25) is 4.98 Å². The summed E-state index contributed by atoms with van der Waals surface area (Å²) in [6.45, 7) is 5.19. The number of hydrogen-bond donors (Lipinski definition) is 1. The van der Waals surface area contributed by atoms with E-state index in [0.29, 0.717) is 0 Å². The zero-order chi connectivity index (χ0) is 13.2. The summed E-state index contributed by atoms with van der Waals surface area (Å²) in [6, 6.07) is 3.99. The summed E-state index contributed by atoms with van der Waals surface area (Å²) in [7, 11) is 1.98. The van der Waals surface area contributed by atoms with Crippen molar-refractivity contribution in [2.24, 2.45) is 0 Å². The number of thiocarbonyl (C=S) groups is 1. The second-order valence-corrected chi connectivity index (χ2v) is 4.38. The Balaban J connectivity index is 2.21. The average Bonchev–Trinajstić information content (AvgIpc) is 2.39. The average molecular weight is 267 g/mol. The van der Waals surface area contributed by atoms with Gasteiger partial charge >= 0.3 is 0 Å². The van der Waals surface area contributed by atoms with Crippen LogP contribution in [0.2, 0.25) is 0 Å². The first-order chi connectivity index (χ1) is 8.74. The molecule has 0 aliphatic carbocycles. The van der Waals surface area contributed by atoms with Gasteiger partial charge in [-0.15, -0.1) is 0 Å². The first kappa shape index (κ1) is 14.9. The molecule has 5 heteroatoms. The highest BCUT2D eigenvalue weighted by Crippen LogP contribution is 2.01. The molecule has 18 heavy (non-hydrogen) atoms. The van der Waals surface area contributed by atoms with Gasteiger partial charge < -0.3 is 15.0 Å². The maximum atomic E-state index is 5.31. The molecule has 0 saturated carbocycles. The molecule has 0 saturated heterocycles. The molecule has 4 nitrogen and oxygen atoms in total. The fourth-order valence-electron chi connectivity index (χ4n) is 1.48. The monoisotopic (exact) mass is 267 g/mol. The Kier molecular flexibility index (Phi) is 7.29. The fourth-order valence-corrected chi connectivity index (χ4v) is 1.65. The van der Waals surface area contributed by atoms with Crippen LogP contribution in [0, 0.1) is 0 Å². The molecule has 0 amide bonds. The van der Waals surface area contributed by atoms with Crippen LogP contribution in [0.15, 0.2) is 24.5 Å². The molecule has 0 aromatic carbocycles. The van der Waals surface area contributed by atoms with E-state index in [9.17, 15) is 0 Å². The van der Waals surface area contributed by atoms with Crippen molar-refractivity contribution >= 4 is 17.3 Å². The van der Waals surface area contributed by atoms with Gasteiger partial charge in [0.15, 0.2) is 5.11 Å². The molecule has 1 aromatic rings. The number of hydrogen-bond acceptors (Lipinski definition) is 3. The number of rotatable bonds is 7. The van der Waals surface area contributed by atoms with Gasteiger partial charge in [-0.05, 0) is 43.3 Å². The summed E-state index contributed by atoms with van der Waals surface area (Å²) in [5.74, 6) is 0. The normalized spacial score (nSPS) is 10.1.